The highest BCUT2D eigenvalue weighted by atomic mass is 32.2. The second kappa shape index (κ2) is 7.70. The van der Waals surface area contributed by atoms with E-state index in [0.717, 1.165) is 10.9 Å². The standard InChI is InChI=1S/C19H19N3O5S/c23-19(17-11-15-5-6-20-13-18(15)27-17)21-12-14-1-3-16(4-2-14)28(24,25)22-7-9-26-10-8-22/h1-6,11,13H,7-10,12H2,(H,21,23). The summed E-state index contributed by atoms with van der Waals surface area (Å²) >= 11 is 0. The van der Waals surface area contributed by atoms with Gasteiger partial charge in [-0.2, -0.15) is 4.31 Å². The summed E-state index contributed by atoms with van der Waals surface area (Å²) < 4.78 is 37.3. The van der Waals surface area contributed by atoms with E-state index in [4.69, 9.17) is 9.15 Å². The third-order valence-corrected chi connectivity index (χ3v) is 6.44. The Balaban J connectivity index is 1.41. The normalized spacial score (nSPS) is 15.6. The molecule has 0 atom stereocenters. The molecule has 28 heavy (non-hydrogen) atoms. The fraction of sp³-hybridized carbons (Fsp3) is 0.263. The van der Waals surface area contributed by atoms with Crippen molar-refractivity contribution < 1.29 is 22.4 Å². The second-order valence-corrected chi connectivity index (χ2v) is 8.31. The van der Waals surface area contributed by atoms with E-state index in [0.29, 0.717) is 31.9 Å². The van der Waals surface area contributed by atoms with Gasteiger partial charge in [-0.05, 0) is 29.8 Å². The number of ether oxygens (including phenoxy) is 1. The van der Waals surface area contributed by atoms with Crippen LogP contribution < -0.4 is 5.32 Å². The van der Waals surface area contributed by atoms with Crippen molar-refractivity contribution in [2.45, 2.75) is 11.4 Å². The van der Waals surface area contributed by atoms with Gasteiger partial charge >= 0.3 is 0 Å². The molecule has 1 saturated heterocycles. The molecule has 1 aliphatic rings. The Labute approximate surface area is 162 Å². The highest BCUT2D eigenvalue weighted by Gasteiger charge is 2.26. The van der Waals surface area contributed by atoms with E-state index in [1.807, 2.05) is 0 Å². The smallest absolute Gasteiger partial charge is 0.287 e. The van der Waals surface area contributed by atoms with E-state index in [2.05, 4.69) is 10.3 Å². The van der Waals surface area contributed by atoms with E-state index >= 15 is 0 Å². The first-order chi connectivity index (χ1) is 13.5. The number of fused-ring (bicyclic) bond motifs is 1. The zero-order valence-corrected chi connectivity index (χ0v) is 15.8. The molecule has 1 amide bonds. The number of carbonyl (C=O) groups excluding carboxylic acids is 1. The topological polar surface area (TPSA) is 102 Å². The lowest BCUT2D eigenvalue weighted by Crippen LogP contribution is -2.40. The minimum atomic E-state index is -3.52. The fourth-order valence-corrected chi connectivity index (χ4v) is 4.39. The number of pyridine rings is 1. The lowest BCUT2D eigenvalue weighted by Gasteiger charge is -2.26. The first-order valence-electron chi connectivity index (χ1n) is 8.83. The Morgan fingerprint density at radius 1 is 1.14 bits per heavy atom. The van der Waals surface area contributed by atoms with E-state index in [1.165, 1.54) is 4.31 Å². The van der Waals surface area contributed by atoms with Crippen LogP contribution in [0.5, 0.6) is 0 Å². The molecule has 0 radical (unpaired) electrons. The molecule has 1 N–H and O–H groups in total. The number of furan rings is 1. The predicted octanol–water partition coefficient (Wildman–Crippen LogP) is 1.78. The van der Waals surface area contributed by atoms with Crippen LogP contribution in [0.1, 0.15) is 16.1 Å². The molecule has 2 aromatic heterocycles. The number of nitrogens with one attached hydrogen (secondary N) is 1. The van der Waals surface area contributed by atoms with Crippen molar-refractivity contribution in [3.8, 4) is 0 Å². The summed E-state index contributed by atoms with van der Waals surface area (Å²) in [6.07, 6.45) is 3.19. The summed E-state index contributed by atoms with van der Waals surface area (Å²) in [5, 5.41) is 3.57. The Morgan fingerprint density at radius 3 is 2.61 bits per heavy atom. The SMILES string of the molecule is O=C(NCc1ccc(S(=O)(=O)N2CCOCC2)cc1)c1cc2ccncc2o1. The number of amides is 1. The molecule has 0 saturated carbocycles. The molecule has 4 rings (SSSR count). The molecule has 3 aromatic rings. The molecule has 1 aliphatic heterocycles. The van der Waals surface area contributed by atoms with Crippen molar-refractivity contribution in [2.24, 2.45) is 0 Å². The Bertz CT molecular complexity index is 1050. The van der Waals surface area contributed by atoms with Gasteiger partial charge in [-0.1, -0.05) is 12.1 Å². The third-order valence-electron chi connectivity index (χ3n) is 4.53. The van der Waals surface area contributed by atoms with Crippen molar-refractivity contribution in [2.75, 3.05) is 26.3 Å². The number of rotatable bonds is 5. The summed E-state index contributed by atoms with van der Waals surface area (Å²) in [4.78, 5) is 16.5. The predicted molar refractivity (Wildman–Crippen MR) is 101 cm³/mol. The van der Waals surface area contributed by atoms with Crippen molar-refractivity contribution >= 4 is 26.9 Å². The average Bonchev–Trinajstić information content (AvgIpc) is 3.17. The maximum atomic E-state index is 12.6. The minimum Gasteiger partial charge on any atom is -0.449 e. The van der Waals surface area contributed by atoms with Gasteiger partial charge in [0.15, 0.2) is 11.3 Å². The lowest BCUT2D eigenvalue weighted by atomic mass is 10.2. The third kappa shape index (κ3) is 3.77. The number of hydrogen-bond donors (Lipinski definition) is 1. The van der Waals surface area contributed by atoms with Crippen LogP contribution in [0.3, 0.4) is 0 Å². The summed E-state index contributed by atoms with van der Waals surface area (Å²) in [6.45, 7) is 1.77. The van der Waals surface area contributed by atoms with Crippen LogP contribution in [-0.2, 0) is 21.3 Å². The fourth-order valence-electron chi connectivity index (χ4n) is 2.98. The van der Waals surface area contributed by atoms with Gasteiger partial charge in [-0.25, -0.2) is 8.42 Å². The first kappa shape index (κ1) is 18.6. The van der Waals surface area contributed by atoms with Gasteiger partial charge in [-0.3, -0.25) is 9.78 Å². The van der Waals surface area contributed by atoms with E-state index in [1.54, 1.807) is 48.8 Å². The van der Waals surface area contributed by atoms with Crippen LogP contribution in [-0.4, -0.2) is 49.9 Å². The lowest BCUT2D eigenvalue weighted by molar-refractivity contribution is 0.0730. The molecular formula is C19H19N3O5S. The Kier molecular flexibility index (Phi) is 5.12. The van der Waals surface area contributed by atoms with Crippen molar-refractivity contribution in [1.29, 1.82) is 0 Å². The molecule has 146 valence electrons. The second-order valence-electron chi connectivity index (χ2n) is 6.37. The summed E-state index contributed by atoms with van der Waals surface area (Å²) in [6, 6.07) is 9.91. The van der Waals surface area contributed by atoms with Crippen molar-refractivity contribution in [3.63, 3.8) is 0 Å². The van der Waals surface area contributed by atoms with Crippen LogP contribution >= 0.6 is 0 Å². The highest BCUT2D eigenvalue weighted by molar-refractivity contribution is 7.89. The molecule has 8 nitrogen and oxygen atoms in total. The average molecular weight is 401 g/mol. The largest absolute Gasteiger partial charge is 0.449 e. The van der Waals surface area contributed by atoms with Crippen LogP contribution in [0.2, 0.25) is 0 Å². The molecule has 0 bridgehead atoms. The van der Waals surface area contributed by atoms with Crippen molar-refractivity contribution in [1.82, 2.24) is 14.6 Å². The Hall–Kier alpha value is -2.75. The van der Waals surface area contributed by atoms with Gasteiger partial charge < -0.3 is 14.5 Å². The van der Waals surface area contributed by atoms with Gasteiger partial charge in [0.1, 0.15) is 0 Å². The van der Waals surface area contributed by atoms with Gasteiger partial charge in [0.2, 0.25) is 10.0 Å². The molecule has 0 unspecified atom stereocenters. The van der Waals surface area contributed by atoms with Crippen molar-refractivity contribution in [3.05, 3.63) is 60.1 Å². The van der Waals surface area contributed by atoms with E-state index < -0.39 is 10.0 Å². The van der Waals surface area contributed by atoms with Gasteiger partial charge in [0.05, 0.1) is 24.3 Å². The molecule has 1 aromatic carbocycles. The first-order valence-corrected chi connectivity index (χ1v) is 10.3. The molecule has 1 fully saturated rings. The number of morpholine rings is 1. The van der Waals surface area contributed by atoms with Gasteiger partial charge in [0.25, 0.3) is 5.91 Å². The monoisotopic (exact) mass is 401 g/mol. The number of aromatic nitrogens is 1. The zero-order chi connectivity index (χ0) is 19.6. The highest BCUT2D eigenvalue weighted by Crippen LogP contribution is 2.19. The number of hydrogen-bond acceptors (Lipinski definition) is 6. The minimum absolute atomic E-state index is 0.203. The van der Waals surface area contributed by atoms with E-state index in [9.17, 15) is 13.2 Å². The summed E-state index contributed by atoms with van der Waals surface area (Å²) in [5.74, 6) is -0.143. The molecule has 3 heterocycles. The maximum absolute atomic E-state index is 12.6. The van der Waals surface area contributed by atoms with Crippen LogP contribution in [0.25, 0.3) is 11.0 Å². The van der Waals surface area contributed by atoms with Crippen LogP contribution in [0, 0.1) is 0 Å². The molecule has 0 aliphatic carbocycles. The van der Waals surface area contributed by atoms with Crippen LogP contribution in [0.4, 0.5) is 0 Å². The van der Waals surface area contributed by atoms with Gasteiger partial charge in [0, 0.05) is 31.2 Å². The number of benzene rings is 1. The molecule has 9 heteroatoms. The van der Waals surface area contributed by atoms with Gasteiger partial charge in [-0.15, -0.1) is 0 Å². The molecule has 0 spiro atoms. The zero-order valence-electron chi connectivity index (χ0n) is 15.0. The number of nitrogens with zero attached hydrogens (tertiary/aromatic N) is 2. The number of carbonyl (C=O) groups is 1. The number of sulfonamides is 1. The van der Waals surface area contributed by atoms with E-state index in [-0.39, 0.29) is 23.1 Å². The Morgan fingerprint density at radius 2 is 1.89 bits per heavy atom. The quantitative estimate of drug-likeness (QED) is 0.699. The van der Waals surface area contributed by atoms with Crippen LogP contribution in [0.15, 0.2) is 58.1 Å². The summed E-state index contributed by atoms with van der Waals surface area (Å²) in [5.41, 5.74) is 1.33. The maximum Gasteiger partial charge on any atom is 0.287 e. The molecular weight excluding hydrogens is 382 g/mol. The summed E-state index contributed by atoms with van der Waals surface area (Å²) in [7, 11) is -3.52.